The molecule has 0 spiro atoms. The molecular formula is C13H13FNO. The molecule has 0 aliphatic heterocycles. The van der Waals surface area contributed by atoms with Gasteiger partial charge >= 0.3 is 0 Å². The minimum Gasteiger partial charge on any atom is -0.497 e. The summed E-state index contributed by atoms with van der Waals surface area (Å²) in [6.45, 7) is 1.98. The molecule has 16 heavy (non-hydrogen) atoms. The number of hydrogen-bond acceptors (Lipinski definition) is 2. The quantitative estimate of drug-likeness (QED) is 0.788. The van der Waals surface area contributed by atoms with Gasteiger partial charge in [0.15, 0.2) is 0 Å². The van der Waals surface area contributed by atoms with E-state index in [4.69, 9.17) is 4.74 Å². The van der Waals surface area contributed by atoms with E-state index in [1.54, 1.807) is 7.11 Å². The van der Waals surface area contributed by atoms with Gasteiger partial charge in [-0.2, -0.15) is 0 Å². The summed E-state index contributed by atoms with van der Waals surface area (Å²) in [5, 5.41) is 0.793. The summed E-state index contributed by atoms with van der Waals surface area (Å²) in [7, 11) is 1.59. The number of pyridine rings is 1. The summed E-state index contributed by atoms with van der Waals surface area (Å²) in [5.74, 6) is 0.424. The van der Waals surface area contributed by atoms with Crippen LogP contribution in [0.25, 0.3) is 10.9 Å². The van der Waals surface area contributed by atoms with Crippen molar-refractivity contribution in [3.05, 3.63) is 42.2 Å². The molecule has 0 unspecified atom stereocenters. The molecule has 2 rings (SSSR count). The van der Waals surface area contributed by atoms with E-state index in [-0.39, 0.29) is 5.82 Å². The molecule has 3 heteroatoms. The smallest absolute Gasteiger partial charge is 0.145 e. The third-order valence-corrected chi connectivity index (χ3v) is 2.48. The van der Waals surface area contributed by atoms with E-state index in [9.17, 15) is 4.39 Å². The minimum absolute atomic E-state index is 0.289. The van der Waals surface area contributed by atoms with Gasteiger partial charge in [-0.15, -0.1) is 0 Å². The molecule has 0 saturated heterocycles. The van der Waals surface area contributed by atoms with Crippen LogP contribution in [0, 0.1) is 12.2 Å². The van der Waals surface area contributed by atoms with Gasteiger partial charge in [0.1, 0.15) is 11.6 Å². The van der Waals surface area contributed by atoms with Crippen molar-refractivity contribution in [2.75, 3.05) is 7.11 Å². The standard InChI is InChI=1S/C13H13FNO/c1-3-4-10-11-7-9(16-2)5-6-13(11)15-8-12(10)14/h4-8H,3H2,1-2H3. The van der Waals surface area contributed by atoms with Gasteiger partial charge in [0.05, 0.1) is 18.8 Å². The lowest BCUT2D eigenvalue weighted by atomic mass is 10.0. The molecule has 0 saturated carbocycles. The molecule has 0 aliphatic carbocycles. The average Bonchev–Trinajstić information content (AvgIpc) is 2.32. The Morgan fingerprint density at radius 2 is 2.25 bits per heavy atom. The molecule has 1 aromatic heterocycles. The van der Waals surface area contributed by atoms with Crippen LogP contribution in [0.3, 0.4) is 0 Å². The number of methoxy groups -OCH3 is 1. The first-order valence-electron chi connectivity index (χ1n) is 5.21. The number of rotatable bonds is 3. The molecule has 0 atom stereocenters. The summed E-state index contributed by atoms with van der Waals surface area (Å²) in [6.07, 6.45) is 3.91. The summed E-state index contributed by atoms with van der Waals surface area (Å²) < 4.78 is 18.7. The fourth-order valence-corrected chi connectivity index (χ4v) is 1.71. The van der Waals surface area contributed by atoms with Crippen molar-refractivity contribution in [3.8, 4) is 5.75 Å². The molecule has 83 valence electrons. The van der Waals surface area contributed by atoms with Crippen LogP contribution in [0.5, 0.6) is 5.75 Å². The lowest BCUT2D eigenvalue weighted by Gasteiger charge is -2.07. The monoisotopic (exact) mass is 218 g/mol. The Morgan fingerprint density at radius 3 is 2.94 bits per heavy atom. The topological polar surface area (TPSA) is 22.1 Å². The first-order valence-corrected chi connectivity index (χ1v) is 5.21. The predicted octanol–water partition coefficient (Wildman–Crippen LogP) is 3.34. The number of aromatic nitrogens is 1. The first-order chi connectivity index (χ1) is 7.76. The molecule has 0 bridgehead atoms. The van der Waals surface area contributed by atoms with Crippen LogP contribution >= 0.6 is 0 Å². The maximum absolute atomic E-state index is 13.6. The van der Waals surface area contributed by atoms with Gasteiger partial charge in [0.25, 0.3) is 0 Å². The molecule has 0 N–H and O–H groups in total. The molecule has 2 nitrogen and oxygen atoms in total. The van der Waals surface area contributed by atoms with E-state index >= 15 is 0 Å². The predicted molar refractivity (Wildman–Crippen MR) is 61.9 cm³/mol. The maximum Gasteiger partial charge on any atom is 0.145 e. The summed E-state index contributed by atoms with van der Waals surface area (Å²) in [4.78, 5) is 4.05. The zero-order valence-electron chi connectivity index (χ0n) is 9.33. The third-order valence-electron chi connectivity index (χ3n) is 2.48. The van der Waals surface area contributed by atoms with Gasteiger partial charge in [0, 0.05) is 10.9 Å². The van der Waals surface area contributed by atoms with Crippen LogP contribution in [0.15, 0.2) is 24.4 Å². The Bertz CT molecular complexity index is 511. The first kappa shape index (κ1) is 10.9. The van der Waals surface area contributed by atoms with E-state index in [1.165, 1.54) is 6.20 Å². The maximum atomic E-state index is 13.6. The SMILES string of the molecule is CC[CH]c1c(F)cnc2ccc(OC)cc12. The Kier molecular flexibility index (Phi) is 3.04. The Balaban J connectivity index is 2.67. The Morgan fingerprint density at radius 1 is 1.44 bits per heavy atom. The second-order valence-electron chi connectivity index (χ2n) is 3.52. The van der Waals surface area contributed by atoms with Crippen molar-refractivity contribution in [1.29, 1.82) is 0 Å². The van der Waals surface area contributed by atoms with Crippen LogP contribution in [-0.2, 0) is 0 Å². The molecular weight excluding hydrogens is 205 g/mol. The normalized spacial score (nSPS) is 10.7. The number of fused-ring (bicyclic) bond motifs is 1. The van der Waals surface area contributed by atoms with Crippen LogP contribution in [0.1, 0.15) is 18.9 Å². The van der Waals surface area contributed by atoms with Crippen molar-refractivity contribution in [3.63, 3.8) is 0 Å². The highest BCUT2D eigenvalue weighted by Crippen LogP contribution is 2.25. The average molecular weight is 218 g/mol. The Hall–Kier alpha value is -1.64. The van der Waals surface area contributed by atoms with E-state index in [1.807, 2.05) is 31.5 Å². The van der Waals surface area contributed by atoms with E-state index in [0.717, 1.165) is 17.3 Å². The molecule has 1 heterocycles. The fraction of sp³-hybridized carbons (Fsp3) is 0.231. The highest BCUT2D eigenvalue weighted by molar-refractivity contribution is 5.84. The fourth-order valence-electron chi connectivity index (χ4n) is 1.71. The number of benzene rings is 1. The molecule has 0 aliphatic rings. The van der Waals surface area contributed by atoms with Gasteiger partial charge in [0.2, 0.25) is 0 Å². The zero-order chi connectivity index (χ0) is 11.5. The van der Waals surface area contributed by atoms with Crippen LogP contribution in [-0.4, -0.2) is 12.1 Å². The molecule has 1 radical (unpaired) electrons. The molecule has 2 aromatic rings. The summed E-state index contributed by atoms with van der Waals surface area (Å²) in [6, 6.07) is 5.47. The minimum atomic E-state index is -0.289. The van der Waals surface area contributed by atoms with Crippen molar-refractivity contribution in [2.45, 2.75) is 13.3 Å². The second-order valence-corrected chi connectivity index (χ2v) is 3.52. The van der Waals surface area contributed by atoms with Crippen molar-refractivity contribution in [2.24, 2.45) is 0 Å². The van der Waals surface area contributed by atoms with Crippen molar-refractivity contribution in [1.82, 2.24) is 4.98 Å². The van der Waals surface area contributed by atoms with Gasteiger partial charge in [-0.05, 0) is 31.0 Å². The molecule has 1 aromatic carbocycles. The molecule has 0 fully saturated rings. The number of nitrogens with zero attached hydrogens (tertiary/aromatic N) is 1. The van der Waals surface area contributed by atoms with Gasteiger partial charge in [-0.25, -0.2) is 4.39 Å². The van der Waals surface area contributed by atoms with Crippen LogP contribution in [0.4, 0.5) is 4.39 Å². The van der Waals surface area contributed by atoms with E-state index < -0.39 is 0 Å². The third kappa shape index (κ3) is 1.85. The van der Waals surface area contributed by atoms with Crippen LogP contribution in [0.2, 0.25) is 0 Å². The zero-order valence-corrected chi connectivity index (χ0v) is 9.33. The molecule has 0 amide bonds. The largest absolute Gasteiger partial charge is 0.497 e. The van der Waals surface area contributed by atoms with Gasteiger partial charge in [-0.1, -0.05) is 6.92 Å². The lowest BCUT2D eigenvalue weighted by Crippen LogP contribution is -1.93. The number of ether oxygens (including phenoxy) is 1. The number of hydrogen-bond donors (Lipinski definition) is 0. The second kappa shape index (κ2) is 4.47. The van der Waals surface area contributed by atoms with E-state index in [2.05, 4.69) is 4.98 Å². The van der Waals surface area contributed by atoms with Crippen molar-refractivity contribution < 1.29 is 9.13 Å². The van der Waals surface area contributed by atoms with Crippen molar-refractivity contribution >= 4 is 10.9 Å². The summed E-state index contributed by atoms with van der Waals surface area (Å²) >= 11 is 0. The lowest BCUT2D eigenvalue weighted by molar-refractivity contribution is 0.415. The van der Waals surface area contributed by atoms with Gasteiger partial charge in [-0.3, -0.25) is 4.98 Å². The van der Waals surface area contributed by atoms with Crippen LogP contribution < -0.4 is 4.74 Å². The van der Waals surface area contributed by atoms with Gasteiger partial charge < -0.3 is 4.74 Å². The Labute approximate surface area is 94.1 Å². The highest BCUT2D eigenvalue weighted by Gasteiger charge is 2.08. The summed E-state index contributed by atoms with van der Waals surface area (Å²) in [5.41, 5.74) is 1.38. The van der Waals surface area contributed by atoms with E-state index in [0.29, 0.717) is 11.3 Å². The highest BCUT2D eigenvalue weighted by atomic mass is 19.1. The number of halogens is 1.